The van der Waals surface area contributed by atoms with Gasteiger partial charge < -0.3 is 15.8 Å². The average Bonchev–Trinajstić information content (AvgIpc) is 2.61. The molecular weight excluding hydrogens is 340 g/mol. The lowest BCUT2D eigenvalue weighted by atomic mass is 9.92. The summed E-state index contributed by atoms with van der Waals surface area (Å²) in [5, 5.41) is 2.83. The number of halogens is 1. The van der Waals surface area contributed by atoms with Crippen molar-refractivity contribution in [1.29, 1.82) is 0 Å². The summed E-state index contributed by atoms with van der Waals surface area (Å²) in [6.07, 6.45) is 0. The molecule has 0 radical (unpaired) electrons. The molecule has 0 bridgehead atoms. The molecule has 1 unspecified atom stereocenters. The molecule has 5 nitrogen and oxygen atoms in total. The average molecular weight is 363 g/mol. The standard InChI is InChI=1S/C19H22N2O3.ClH/c1-3-24-17(22)15-11-9-14(10-12-15)13-21-18(23)19(2,20)16-7-5-4-6-8-16;/h4-12H,3,13,20H2,1-2H3,(H,21,23);1H. The van der Waals surface area contributed by atoms with Gasteiger partial charge in [-0.05, 0) is 37.1 Å². The van der Waals surface area contributed by atoms with Crippen molar-refractivity contribution in [3.8, 4) is 0 Å². The van der Waals surface area contributed by atoms with E-state index < -0.39 is 5.54 Å². The number of nitrogens with one attached hydrogen (secondary N) is 1. The number of carbonyl (C=O) groups excluding carboxylic acids is 2. The minimum absolute atomic E-state index is 0. The monoisotopic (exact) mass is 362 g/mol. The van der Waals surface area contributed by atoms with Gasteiger partial charge in [0, 0.05) is 6.54 Å². The van der Waals surface area contributed by atoms with Crippen LogP contribution in [0.5, 0.6) is 0 Å². The van der Waals surface area contributed by atoms with Crippen LogP contribution < -0.4 is 11.1 Å². The van der Waals surface area contributed by atoms with E-state index in [9.17, 15) is 9.59 Å². The fourth-order valence-corrected chi connectivity index (χ4v) is 2.25. The van der Waals surface area contributed by atoms with Crippen molar-refractivity contribution in [2.75, 3.05) is 6.61 Å². The number of esters is 1. The number of carbonyl (C=O) groups is 2. The molecule has 1 atom stereocenters. The lowest BCUT2D eigenvalue weighted by Crippen LogP contribution is -2.48. The maximum Gasteiger partial charge on any atom is 0.338 e. The zero-order chi connectivity index (χ0) is 17.6. The van der Waals surface area contributed by atoms with Gasteiger partial charge in [0.1, 0.15) is 5.54 Å². The summed E-state index contributed by atoms with van der Waals surface area (Å²) in [4.78, 5) is 24.0. The van der Waals surface area contributed by atoms with Crippen LogP contribution in [-0.2, 0) is 21.6 Å². The van der Waals surface area contributed by atoms with Crippen molar-refractivity contribution >= 4 is 24.3 Å². The predicted octanol–water partition coefficient (Wildman–Crippen LogP) is 2.78. The number of benzene rings is 2. The van der Waals surface area contributed by atoms with Crippen LogP contribution in [0.2, 0.25) is 0 Å². The van der Waals surface area contributed by atoms with Crippen molar-refractivity contribution in [3.05, 3.63) is 71.3 Å². The summed E-state index contributed by atoms with van der Waals surface area (Å²) in [5.41, 5.74) is 7.18. The number of ether oxygens (including phenoxy) is 1. The van der Waals surface area contributed by atoms with E-state index in [-0.39, 0.29) is 24.3 Å². The Morgan fingerprint density at radius 3 is 2.24 bits per heavy atom. The first kappa shape index (κ1) is 20.7. The summed E-state index contributed by atoms with van der Waals surface area (Å²) < 4.78 is 4.93. The van der Waals surface area contributed by atoms with Crippen LogP contribution in [0.25, 0.3) is 0 Å². The molecule has 3 N–H and O–H groups in total. The molecule has 6 heteroatoms. The second-order valence-corrected chi connectivity index (χ2v) is 5.67. The zero-order valence-corrected chi connectivity index (χ0v) is 15.1. The molecule has 2 aromatic rings. The van der Waals surface area contributed by atoms with Crippen molar-refractivity contribution in [2.45, 2.75) is 25.9 Å². The fraction of sp³-hybridized carbons (Fsp3) is 0.263. The maximum atomic E-state index is 12.4. The van der Waals surface area contributed by atoms with Crippen molar-refractivity contribution < 1.29 is 14.3 Å². The molecule has 2 rings (SSSR count). The molecule has 0 saturated carbocycles. The van der Waals surface area contributed by atoms with E-state index in [0.29, 0.717) is 18.7 Å². The van der Waals surface area contributed by atoms with Gasteiger partial charge in [-0.1, -0.05) is 42.5 Å². The first-order valence-electron chi connectivity index (χ1n) is 7.84. The molecule has 0 fully saturated rings. The largest absolute Gasteiger partial charge is 0.462 e. The minimum atomic E-state index is -1.11. The Kier molecular flexibility index (Phi) is 7.61. The maximum absolute atomic E-state index is 12.4. The van der Waals surface area contributed by atoms with Crippen LogP contribution in [0.4, 0.5) is 0 Å². The van der Waals surface area contributed by atoms with Crippen LogP contribution in [0, 0.1) is 0 Å². The Morgan fingerprint density at radius 2 is 1.68 bits per heavy atom. The quantitative estimate of drug-likeness (QED) is 0.774. The van der Waals surface area contributed by atoms with E-state index in [1.165, 1.54) is 0 Å². The smallest absolute Gasteiger partial charge is 0.338 e. The Hall–Kier alpha value is -2.37. The lowest BCUT2D eigenvalue weighted by Gasteiger charge is -2.24. The summed E-state index contributed by atoms with van der Waals surface area (Å²) >= 11 is 0. The molecule has 0 aliphatic carbocycles. The van der Waals surface area contributed by atoms with E-state index in [1.54, 1.807) is 38.1 Å². The zero-order valence-electron chi connectivity index (χ0n) is 14.3. The SMILES string of the molecule is CCOC(=O)c1ccc(CNC(=O)C(C)(N)c2ccccc2)cc1.Cl. The van der Waals surface area contributed by atoms with Gasteiger partial charge in [0.15, 0.2) is 0 Å². The van der Waals surface area contributed by atoms with Crippen LogP contribution in [-0.4, -0.2) is 18.5 Å². The van der Waals surface area contributed by atoms with E-state index >= 15 is 0 Å². The topological polar surface area (TPSA) is 81.4 Å². The summed E-state index contributed by atoms with van der Waals surface area (Å²) in [7, 11) is 0. The number of nitrogens with two attached hydrogens (primary N) is 1. The van der Waals surface area contributed by atoms with Gasteiger partial charge in [0.05, 0.1) is 12.2 Å². The second kappa shape index (κ2) is 9.20. The third kappa shape index (κ3) is 5.31. The Labute approximate surface area is 154 Å². The molecular formula is C19H23ClN2O3. The lowest BCUT2D eigenvalue weighted by molar-refractivity contribution is -0.126. The molecule has 25 heavy (non-hydrogen) atoms. The van der Waals surface area contributed by atoms with Crippen LogP contribution in [0.1, 0.15) is 35.3 Å². The van der Waals surface area contributed by atoms with Crippen molar-refractivity contribution in [1.82, 2.24) is 5.32 Å². The molecule has 0 aliphatic rings. The minimum Gasteiger partial charge on any atom is -0.462 e. The van der Waals surface area contributed by atoms with Gasteiger partial charge in [0.25, 0.3) is 0 Å². The highest BCUT2D eigenvalue weighted by Crippen LogP contribution is 2.17. The van der Waals surface area contributed by atoms with Crippen molar-refractivity contribution in [2.24, 2.45) is 5.73 Å². The van der Waals surface area contributed by atoms with Gasteiger partial charge in [-0.3, -0.25) is 4.79 Å². The molecule has 0 aliphatic heterocycles. The number of amides is 1. The number of rotatable bonds is 6. The summed E-state index contributed by atoms with van der Waals surface area (Å²) in [6, 6.07) is 16.1. The highest BCUT2D eigenvalue weighted by atomic mass is 35.5. The third-order valence-electron chi connectivity index (χ3n) is 3.76. The van der Waals surface area contributed by atoms with Crippen LogP contribution >= 0.6 is 12.4 Å². The Balaban J connectivity index is 0.00000312. The fourth-order valence-electron chi connectivity index (χ4n) is 2.25. The first-order valence-corrected chi connectivity index (χ1v) is 7.84. The van der Waals surface area contributed by atoms with Crippen LogP contribution in [0.3, 0.4) is 0 Å². The third-order valence-corrected chi connectivity index (χ3v) is 3.76. The van der Waals surface area contributed by atoms with Gasteiger partial charge in [0.2, 0.25) is 5.91 Å². The summed E-state index contributed by atoms with van der Waals surface area (Å²) in [6.45, 7) is 4.12. The van der Waals surface area contributed by atoms with Gasteiger partial charge in [-0.2, -0.15) is 0 Å². The van der Waals surface area contributed by atoms with E-state index in [0.717, 1.165) is 11.1 Å². The molecule has 1 amide bonds. The van der Waals surface area contributed by atoms with E-state index in [1.807, 2.05) is 30.3 Å². The molecule has 0 heterocycles. The first-order chi connectivity index (χ1) is 11.4. The van der Waals surface area contributed by atoms with Crippen LogP contribution in [0.15, 0.2) is 54.6 Å². The van der Waals surface area contributed by atoms with Gasteiger partial charge in [-0.15, -0.1) is 12.4 Å². The molecule has 0 saturated heterocycles. The number of hydrogen-bond donors (Lipinski definition) is 2. The van der Waals surface area contributed by atoms with Gasteiger partial charge >= 0.3 is 5.97 Å². The summed E-state index contributed by atoms with van der Waals surface area (Å²) in [5.74, 6) is -0.616. The molecule has 2 aromatic carbocycles. The highest BCUT2D eigenvalue weighted by Gasteiger charge is 2.29. The Morgan fingerprint density at radius 1 is 1.08 bits per heavy atom. The van der Waals surface area contributed by atoms with E-state index in [4.69, 9.17) is 10.5 Å². The molecule has 0 aromatic heterocycles. The van der Waals surface area contributed by atoms with Crippen molar-refractivity contribution in [3.63, 3.8) is 0 Å². The molecule has 0 spiro atoms. The normalized spacial score (nSPS) is 12.4. The highest BCUT2D eigenvalue weighted by molar-refractivity contribution is 5.89. The number of hydrogen-bond acceptors (Lipinski definition) is 4. The predicted molar refractivity (Wildman–Crippen MR) is 99.5 cm³/mol. The van der Waals surface area contributed by atoms with E-state index in [2.05, 4.69) is 5.32 Å². The Bertz CT molecular complexity index is 700. The molecule has 134 valence electrons. The van der Waals surface area contributed by atoms with Gasteiger partial charge in [-0.25, -0.2) is 4.79 Å². The second-order valence-electron chi connectivity index (χ2n) is 5.67.